The Hall–Kier alpha value is -1.58. The highest BCUT2D eigenvalue weighted by atomic mass is 32.2. The van der Waals surface area contributed by atoms with E-state index in [1.165, 1.54) is 13.1 Å². The smallest absolute Gasteiger partial charge is 0.242 e. The van der Waals surface area contributed by atoms with Crippen LogP contribution >= 0.6 is 11.8 Å². The number of benzene rings is 2. The number of sulfonamides is 1. The summed E-state index contributed by atoms with van der Waals surface area (Å²) in [6.07, 6.45) is 2.01. The molecule has 0 aliphatic rings. The van der Waals surface area contributed by atoms with Crippen LogP contribution in [0.2, 0.25) is 0 Å². The summed E-state index contributed by atoms with van der Waals surface area (Å²) in [5, 5.41) is 12.0. The van der Waals surface area contributed by atoms with E-state index in [9.17, 15) is 8.42 Å². The van der Waals surface area contributed by atoms with Crippen molar-refractivity contribution in [3.63, 3.8) is 0 Å². The molecule has 0 radical (unpaired) electrons. The zero-order valence-corrected chi connectivity index (χ0v) is 16.7. The van der Waals surface area contributed by atoms with Gasteiger partial charge in [0, 0.05) is 30.6 Å². The lowest BCUT2D eigenvalue weighted by molar-refractivity contribution is 0.266. The van der Waals surface area contributed by atoms with E-state index in [2.05, 4.69) is 5.32 Å². The van der Waals surface area contributed by atoms with Crippen LogP contribution in [0.15, 0.2) is 52.3 Å². The fraction of sp³-hybridized carbons (Fsp3) is 0.333. The maximum absolute atomic E-state index is 12.6. The summed E-state index contributed by atoms with van der Waals surface area (Å²) in [4.78, 5) is 1.31. The molecular formula is C18H24N2O4S2. The number of nitrogens with zero attached hydrogens (tertiary/aromatic N) is 1. The monoisotopic (exact) mass is 396 g/mol. The molecule has 2 rings (SSSR count). The fourth-order valence-corrected chi connectivity index (χ4v) is 3.98. The van der Waals surface area contributed by atoms with Crippen LogP contribution in [0.5, 0.6) is 11.5 Å². The Kier molecular flexibility index (Phi) is 7.48. The van der Waals surface area contributed by atoms with E-state index >= 15 is 0 Å². The van der Waals surface area contributed by atoms with Crippen LogP contribution in [0.25, 0.3) is 0 Å². The van der Waals surface area contributed by atoms with Crippen LogP contribution in [-0.4, -0.2) is 51.3 Å². The summed E-state index contributed by atoms with van der Waals surface area (Å²) in [6, 6.07) is 12.5. The quantitative estimate of drug-likeness (QED) is 0.634. The Morgan fingerprint density at radius 2 is 1.88 bits per heavy atom. The second kappa shape index (κ2) is 9.38. The molecule has 0 aromatic heterocycles. The second-order valence-electron chi connectivity index (χ2n) is 5.63. The van der Waals surface area contributed by atoms with Gasteiger partial charge >= 0.3 is 0 Å². The number of hydrogen-bond acceptors (Lipinski definition) is 6. The van der Waals surface area contributed by atoms with Crippen molar-refractivity contribution in [3.05, 3.63) is 48.0 Å². The van der Waals surface area contributed by atoms with Crippen LogP contribution in [0.1, 0.15) is 5.56 Å². The molecule has 0 aliphatic heterocycles. The lowest BCUT2D eigenvalue weighted by Gasteiger charge is -2.18. The summed E-state index contributed by atoms with van der Waals surface area (Å²) in [7, 11) is -0.420. The van der Waals surface area contributed by atoms with E-state index < -0.39 is 10.0 Å². The molecule has 142 valence electrons. The number of hydrogen-bond donors (Lipinski definition) is 2. The molecule has 2 aromatic carbocycles. The van der Waals surface area contributed by atoms with Crippen LogP contribution in [-0.2, 0) is 16.6 Å². The summed E-state index contributed by atoms with van der Waals surface area (Å²) in [5.74, 6) is 1.29. The summed E-state index contributed by atoms with van der Waals surface area (Å²) < 4.78 is 32.2. The van der Waals surface area contributed by atoms with Crippen molar-refractivity contribution in [1.29, 1.82) is 0 Å². The highest BCUT2D eigenvalue weighted by molar-refractivity contribution is 7.98. The van der Waals surface area contributed by atoms with E-state index in [1.54, 1.807) is 30.9 Å². The maximum atomic E-state index is 12.6. The second-order valence-corrected chi connectivity index (χ2v) is 8.55. The summed E-state index contributed by atoms with van der Waals surface area (Å²) >= 11 is 1.65. The predicted molar refractivity (Wildman–Crippen MR) is 104 cm³/mol. The molecule has 0 heterocycles. The van der Waals surface area contributed by atoms with Crippen molar-refractivity contribution in [2.75, 3.05) is 33.5 Å². The summed E-state index contributed by atoms with van der Waals surface area (Å²) in [6.45, 7) is 0.279. The number of nitrogens with one attached hydrogen (secondary N) is 1. The van der Waals surface area contributed by atoms with E-state index in [0.717, 1.165) is 14.8 Å². The highest BCUT2D eigenvalue weighted by Gasteiger charge is 2.21. The average molecular weight is 397 g/mol. The van der Waals surface area contributed by atoms with E-state index in [-0.39, 0.29) is 18.0 Å². The van der Waals surface area contributed by atoms with Gasteiger partial charge in [0.1, 0.15) is 11.5 Å². The minimum atomic E-state index is -3.65. The van der Waals surface area contributed by atoms with E-state index in [0.29, 0.717) is 18.0 Å². The van der Waals surface area contributed by atoms with Gasteiger partial charge in [0.2, 0.25) is 10.0 Å². The van der Waals surface area contributed by atoms with Crippen molar-refractivity contribution in [2.24, 2.45) is 0 Å². The van der Waals surface area contributed by atoms with Gasteiger partial charge in [0.05, 0.1) is 11.5 Å². The van der Waals surface area contributed by atoms with Crippen molar-refractivity contribution >= 4 is 21.8 Å². The molecule has 0 bridgehead atoms. The van der Waals surface area contributed by atoms with Crippen LogP contribution in [0.3, 0.4) is 0 Å². The van der Waals surface area contributed by atoms with Crippen LogP contribution in [0, 0.1) is 0 Å². The Morgan fingerprint density at radius 1 is 1.19 bits per heavy atom. The SMILES string of the molecule is CNCc1cc(S(=O)(=O)N(C)CCO)ccc1Oc1ccc(SC)cc1. The molecule has 0 atom stereocenters. The zero-order valence-electron chi connectivity index (χ0n) is 15.1. The highest BCUT2D eigenvalue weighted by Crippen LogP contribution is 2.29. The van der Waals surface area contributed by atoms with Gasteiger partial charge in [-0.05, 0) is 55.8 Å². The standard InChI is InChI=1S/C18H24N2O4S2/c1-19-13-14-12-17(26(22,23)20(2)10-11-21)8-9-18(14)24-15-4-6-16(25-3)7-5-15/h4-9,12,19,21H,10-11,13H2,1-3H3. The predicted octanol–water partition coefficient (Wildman–Crippen LogP) is 2.53. The molecule has 2 aromatic rings. The third-order valence-corrected chi connectivity index (χ3v) is 6.41. The van der Waals surface area contributed by atoms with Gasteiger partial charge in [-0.2, -0.15) is 4.31 Å². The first-order chi connectivity index (χ1) is 12.4. The van der Waals surface area contributed by atoms with Gasteiger partial charge in [-0.15, -0.1) is 11.8 Å². The van der Waals surface area contributed by atoms with Crippen LogP contribution < -0.4 is 10.1 Å². The van der Waals surface area contributed by atoms with E-state index in [4.69, 9.17) is 9.84 Å². The van der Waals surface area contributed by atoms with Gasteiger partial charge in [0.15, 0.2) is 0 Å². The first-order valence-electron chi connectivity index (χ1n) is 8.09. The third kappa shape index (κ3) is 4.99. The summed E-state index contributed by atoms with van der Waals surface area (Å²) in [5.41, 5.74) is 0.736. The van der Waals surface area contributed by atoms with Crippen molar-refractivity contribution in [1.82, 2.24) is 9.62 Å². The zero-order chi connectivity index (χ0) is 19.2. The molecule has 0 spiro atoms. The molecule has 0 saturated carbocycles. The minimum absolute atomic E-state index is 0.0454. The minimum Gasteiger partial charge on any atom is -0.457 e. The van der Waals surface area contributed by atoms with Crippen molar-refractivity contribution in [2.45, 2.75) is 16.3 Å². The number of aliphatic hydroxyl groups is 1. The Balaban J connectivity index is 2.33. The molecule has 6 nitrogen and oxygen atoms in total. The molecule has 26 heavy (non-hydrogen) atoms. The Labute approximate surface area is 159 Å². The molecule has 0 aliphatic carbocycles. The topological polar surface area (TPSA) is 78.9 Å². The molecule has 0 amide bonds. The number of ether oxygens (including phenoxy) is 1. The fourth-order valence-electron chi connectivity index (χ4n) is 2.36. The lowest BCUT2D eigenvalue weighted by atomic mass is 10.2. The van der Waals surface area contributed by atoms with Gasteiger partial charge < -0.3 is 15.2 Å². The van der Waals surface area contributed by atoms with Crippen molar-refractivity contribution in [3.8, 4) is 11.5 Å². The number of thioether (sulfide) groups is 1. The molecule has 0 fully saturated rings. The number of aliphatic hydroxyl groups excluding tert-OH is 1. The molecule has 0 unspecified atom stereocenters. The van der Waals surface area contributed by atoms with Gasteiger partial charge in [-0.25, -0.2) is 8.42 Å². The molecule has 8 heteroatoms. The normalized spacial score (nSPS) is 11.7. The van der Waals surface area contributed by atoms with Crippen LogP contribution in [0.4, 0.5) is 0 Å². The lowest BCUT2D eigenvalue weighted by Crippen LogP contribution is -2.29. The molecule has 0 saturated heterocycles. The molecule has 2 N–H and O–H groups in total. The van der Waals surface area contributed by atoms with Gasteiger partial charge in [0.25, 0.3) is 0 Å². The first kappa shape index (κ1) is 20.7. The van der Waals surface area contributed by atoms with Gasteiger partial charge in [-0.1, -0.05) is 0 Å². The largest absolute Gasteiger partial charge is 0.457 e. The Bertz CT molecular complexity index is 824. The van der Waals surface area contributed by atoms with E-state index in [1.807, 2.05) is 30.5 Å². The number of likely N-dealkylation sites (N-methyl/N-ethyl adjacent to an activating group) is 1. The Morgan fingerprint density at radius 3 is 2.46 bits per heavy atom. The first-order valence-corrected chi connectivity index (χ1v) is 10.8. The molecular weight excluding hydrogens is 372 g/mol. The van der Waals surface area contributed by atoms with Crippen molar-refractivity contribution < 1.29 is 18.3 Å². The number of rotatable bonds is 9. The maximum Gasteiger partial charge on any atom is 0.242 e. The average Bonchev–Trinajstić information content (AvgIpc) is 2.64. The third-order valence-electron chi connectivity index (χ3n) is 3.81. The van der Waals surface area contributed by atoms with Gasteiger partial charge in [-0.3, -0.25) is 0 Å².